The van der Waals surface area contributed by atoms with E-state index in [9.17, 15) is 8.42 Å². The van der Waals surface area contributed by atoms with Crippen LogP contribution in [-0.4, -0.2) is 26.3 Å². The van der Waals surface area contributed by atoms with Crippen molar-refractivity contribution < 1.29 is 8.42 Å². The van der Waals surface area contributed by atoms with E-state index in [0.717, 1.165) is 12.8 Å². The largest absolute Gasteiger partial charge is 0.399 e. The quantitative estimate of drug-likeness (QED) is 0.184. The van der Waals surface area contributed by atoms with E-state index in [0.29, 0.717) is 17.1 Å². The first-order chi connectivity index (χ1) is 14.5. The van der Waals surface area contributed by atoms with Gasteiger partial charge in [0.1, 0.15) is 0 Å². The van der Waals surface area contributed by atoms with Gasteiger partial charge in [0.15, 0.2) is 0 Å². The molecule has 1 rings (SSSR count). The summed E-state index contributed by atoms with van der Waals surface area (Å²) in [6.07, 6.45) is 21.2. The number of sulfonamides is 1. The summed E-state index contributed by atoms with van der Waals surface area (Å²) < 4.78 is 26.5. The zero-order chi connectivity index (χ0) is 22.1. The normalized spacial score (nSPS) is 12.0. The fourth-order valence-electron chi connectivity index (χ4n) is 3.82. The van der Waals surface area contributed by atoms with Crippen LogP contribution in [0.15, 0.2) is 29.2 Å². The highest BCUT2D eigenvalue weighted by Crippen LogP contribution is 2.17. The molecule has 0 aliphatic heterocycles. The topological polar surface area (TPSA) is 63.4 Å². The summed E-state index contributed by atoms with van der Waals surface area (Å²) in [5, 5.41) is 0. The second kappa shape index (κ2) is 16.6. The molecule has 0 aliphatic rings. The van der Waals surface area contributed by atoms with Crippen LogP contribution in [0.25, 0.3) is 0 Å². The lowest BCUT2D eigenvalue weighted by Gasteiger charge is -2.17. The molecule has 4 nitrogen and oxygen atoms in total. The molecular formula is C25H46N2O2S. The number of unbranched alkanes of at least 4 members (excludes halogenated alkanes) is 15. The van der Waals surface area contributed by atoms with E-state index in [1.165, 1.54) is 94.2 Å². The van der Waals surface area contributed by atoms with E-state index in [1.807, 2.05) is 0 Å². The van der Waals surface area contributed by atoms with Crippen molar-refractivity contribution >= 4 is 15.7 Å². The molecule has 5 heteroatoms. The SMILES string of the molecule is CCCCCCCCCCCCCCCCCCN(C)S(=O)(=O)c1ccc(N)cc1. The van der Waals surface area contributed by atoms with Crippen LogP contribution in [0.1, 0.15) is 110 Å². The van der Waals surface area contributed by atoms with Gasteiger partial charge in [0.05, 0.1) is 4.90 Å². The molecule has 0 bridgehead atoms. The maximum atomic E-state index is 12.5. The molecule has 0 unspecified atom stereocenters. The average molecular weight is 439 g/mol. The molecule has 0 heterocycles. The molecule has 2 N–H and O–H groups in total. The second-order valence-corrected chi connectivity index (χ2v) is 10.7. The molecule has 0 amide bonds. The van der Waals surface area contributed by atoms with Crippen molar-refractivity contribution in [3.63, 3.8) is 0 Å². The van der Waals surface area contributed by atoms with Crippen molar-refractivity contribution in [2.45, 2.75) is 115 Å². The van der Waals surface area contributed by atoms with E-state index in [1.54, 1.807) is 31.3 Å². The number of nitrogens with two attached hydrogens (primary N) is 1. The number of benzene rings is 1. The van der Waals surface area contributed by atoms with Gasteiger partial charge < -0.3 is 5.73 Å². The summed E-state index contributed by atoms with van der Waals surface area (Å²) in [7, 11) is -1.74. The van der Waals surface area contributed by atoms with Crippen molar-refractivity contribution in [3.05, 3.63) is 24.3 Å². The molecule has 0 saturated carbocycles. The fraction of sp³-hybridized carbons (Fsp3) is 0.760. The summed E-state index contributed by atoms with van der Waals surface area (Å²) in [4.78, 5) is 0.315. The Kier molecular flexibility index (Phi) is 14.9. The predicted molar refractivity (Wildman–Crippen MR) is 130 cm³/mol. The van der Waals surface area contributed by atoms with Crippen LogP contribution in [0, 0.1) is 0 Å². The first kappa shape index (κ1) is 27.0. The van der Waals surface area contributed by atoms with Gasteiger partial charge in [0.2, 0.25) is 10.0 Å². The minimum absolute atomic E-state index is 0.315. The summed E-state index contributed by atoms with van der Waals surface area (Å²) in [5.41, 5.74) is 6.22. The molecule has 0 saturated heterocycles. The van der Waals surface area contributed by atoms with Gasteiger partial charge in [-0.15, -0.1) is 0 Å². The Morgan fingerprint density at radius 2 is 1.03 bits per heavy atom. The summed E-state index contributed by atoms with van der Waals surface area (Å²) in [6, 6.07) is 6.42. The highest BCUT2D eigenvalue weighted by Gasteiger charge is 2.19. The van der Waals surface area contributed by atoms with E-state index < -0.39 is 10.0 Å². The zero-order valence-electron chi connectivity index (χ0n) is 19.6. The average Bonchev–Trinajstić information content (AvgIpc) is 2.73. The summed E-state index contributed by atoms with van der Waals surface area (Å²) in [6.45, 7) is 2.85. The number of anilines is 1. The monoisotopic (exact) mass is 438 g/mol. The van der Waals surface area contributed by atoms with Gasteiger partial charge in [-0.05, 0) is 30.7 Å². The fourth-order valence-corrected chi connectivity index (χ4v) is 5.03. The van der Waals surface area contributed by atoms with Crippen LogP contribution in [0.5, 0.6) is 0 Å². The summed E-state index contributed by atoms with van der Waals surface area (Å²) >= 11 is 0. The molecular weight excluding hydrogens is 392 g/mol. The third-order valence-corrected chi connectivity index (χ3v) is 7.79. The molecule has 0 spiro atoms. The van der Waals surface area contributed by atoms with Crippen molar-refractivity contribution in [3.8, 4) is 0 Å². The molecule has 0 aliphatic carbocycles. The van der Waals surface area contributed by atoms with Crippen molar-refractivity contribution in [2.24, 2.45) is 0 Å². The predicted octanol–water partition coefficient (Wildman–Crippen LogP) is 7.15. The Hall–Kier alpha value is -1.07. The van der Waals surface area contributed by atoms with Crippen LogP contribution < -0.4 is 5.73 Å². The highest BCUT2D eigenvalue weighted by atomic mass is 32.2. The number of nitrogens with zero attached hydrogens (tertiary/aromatic N) is 1. The first-order valence-electron chi connectivity index (χ1n) is 12.3. The lowest BCUT2D eigenvalue weighted by atomic mass is 10.0. The lowest BCUT2D eigenvalue weighted by molar-refractivity contribution is 0.447. The van der Waals surface area contributed by atoms with Crippen LogP contribution in [0.3, 0.4) is 0 Å². The second-order valence-electron chi connectivity index (χ2n) is 8.70. The van der Waals surface area contributed by atoms with Gasteiger partial charge in [-0.3, -0.25) is 0 Å². The maximum Gasteiger partial charge on any atom is 0.242 e. The van der Waals surface area contributed by atoms with Gasteiger partial charge in [-0.1, -0.05) is 103 Å². The molecule has 1 aromatic rings. The molecule has 0 radical (unpaired) electrons. The van der Waals surface area contributed by atoms with Gasteiger partial charge in [-0.25, -0.2) is 12.7 Å². The standard InChI is InChI=1S/C25H46N2O2S/c1-3-4-5-6-7-8-9-10-11-12-13-14-15-16-17-18-23-27(2)30(28,29)25-21-19-24(26)20-22-25/h19-22H,3-18,23,26H2,1-2H3. The van der Waals surface area contributed by atoms with Gasteiger partial charge >= 0.3 is 0 Å². The van der Waals surface area contributed by atoms with Crippen LogP contribution in [-0.2, 0) is 10.0 Å². The number of rotatable bonds is 19. The Balaban J connectivity index is 1.94. The molecule has 1 aromatic carbocycles. The zero-order valence-corrected chi connectivity index (χ0v) is 20.4. The van der Waals surface area contributed by atoms with E-state index in [-0.39, 0.29) is 0 Å². The Morgan fingerprint density at radius 3 is 1.43 bits per heavy atom. The number of nitrogen functional groups attached to an aromatic ring is 1. The summed E-state index contributed by atoms with van der Waals surface area (Å²) in [5.74, 6) is 0. The molecule has 0 atom stereocenters. The third kappa shape index (κ3) is 11.9. The van der Waals surface area contributed by atoms with E-state index in [4.69, 9.17) is 5.73 Å². The highest BCUT2D eigenvalue weighted by molar-refractivity contribution is 7.89. The Morgan fingerprint density at radius 1 is 0.667 bits per heavy atom. The van der Waals surface area contributed by atoms with Gasteiger partial charge in [-0.2, -0.15) is 0 Å². The van der Waals surface area contributed by atoms with Crippen molar-refractivity contribution in [1.29, 1.82) is 0 Å². The van der Waals surface area contributed by atoms with E-state index in [2.05, 4.69) is 6.92 Å². The number of hydrogen-bond acceptors (Lipinski definition) is 3. The van der Waals surface area contributed by atoms with Gasteiger partial charge in [0, 0.05) is 19.3 Å². The van der Waals surface area contributed by atoms with Crippen LogP contribution in [0.2, 0.25) is 0 Å². The molecule has 0 aromatic heterocycles. The minimum atomic E-state index is -3.40. The molecule has 30 heavy (non-hydrogen) atoms. The van der Waals surface area contributed by atoms with Crippen LogP contribution >= 0.6 is 0 Å². The smallest absolute Gasteiger partial charge is 0.242 e. The molecule has 174 valence electrons. The lowest BCUT2D eigenvalue weighted by Crippen LogP contribution is -2.28. The van der Waals surface area contributed by atoms with Crippen molar-refractivity contribution in [1.82, 2.24) is 4.31 Å². The Labute approximate surface area is 186 Å². The maximum absolute atomic E-state index is 12.5. The van der Waals surface area contributed by atoms with Crippen molar-refractivity contribution in [2.75, 3.05) is 19.3 Å². The van der Waals surface area contributed by atoms with E-state index >= 15 is 0 Å². The van der Waals surface area contributed by atoms with Gasteiger partial charge in [0.25, 0.3) is 0 Å². The molecule has 0 fully saturated rings. The number of hydrogen-bond donors (Lipinski definition) is 1. The minimum Gasteiger partial charge on any atom is -0.399 e. The van der Waals surface area contributed by atoms with Crippen LogP contribution in [0.4, 0.5) is 5.69 Å². The first-order valence-corrected chi connectivity index (χ1v) is 13.7. The third-order valence-electron chi connectivity index (χ3n) is 5.91. The Bertz CT molecular complexity index is 629.